The quantitative estimate of drug-likeness (QED) is 0.717. The average molecular weight is 247 g/mol. The molecule has 2 heterocycles. The van der Waals surface area contributed by atoms with Crippen LogP contribution in [0.2, 0.25) is 0 Å². The number of likely N-dealkylation sites (N-methyl/N-ethyl adjacent to an activating group) is 1. The molecule has 2 rings (SSSR count). The SMILES string of the molecule is CN(C)C1CCN(S(=O)(=O)C2CCNC2)C1. The van der Waals surface area contributed by atoms with Gasteiger partial charge in [-0.25, -0.2) is 12.7 Å². The van der Waals surface area contributed by atoms with E-state index in [0.29, 0.717) is 25.7 Å². The third kappa shape index (κ3) is 2.25. The topological polar surface area (TPSA) is 52.7 Å². The van der Waals surface area contributed by atoms with Gasteiger partial charge in [-0.15, -0.1) is 0 Å². The lowest BCUT2D eigenvalue weighted by Crippen LogP contribution is -2.40. The van der Waals surface area contributed by atoms with Gasteiger partial charge in [0.15, 0.2) is 0 Å². The molecule has 0 spiro atoms. The van der Waals surface area contributed by atoms with Crippen molar-refractivity contribution in [1.29, 1.82) is 0 Å². The number of rotatable bonds is 3. The molecule has 6 heteroatoms. The van der Waals surface area contributed by atoms with E-state index in [1.54, 1.807) is 4.31 Å². The molecule has 5 nitrogen and oxygen atoms in total. The van der Waals surface area contributed by atoms with Gasteiger partial charge in [0, 0.05) is 25.7 Å². The summed E-state index contributed by atoms with van der Waals surface area (Å²) >= 11 is 0. The van der Waals surface area contributed by atoms with Gasteiger partial charge in [-0.1, -0.05) is 0 Å². The van der Waals surface area contributed by atoms with Crippen LogP contribution in [0.4, 0.5) is 0 Å². The molecule has 2 saturated heterocycles. The zero-order valence-corrected chi connectivity index (χ0v) is 10.8. The van der Waals surface area contributed by atoms with Crippen LogP contribution in [0.1, 0.15) is 12.8 Å². The lowest BCUT2D eigenvalue weighted by atomic mass is 10.2. The Kier molecular flexibility index (Phi) is 3.53. The highest BCUT2D eigenvalue weighted by molar-refractivity contribution is 7.89. The van der Waals surface area contributed by atoms with Crippen LogP contribution in [-0.2, 0) is 10.0 Å². The number of hydrogen-bond acceptors (Lipinski definition) is 4. The van der Waals surface area contributed by atoms with E-state index in [1.165, 1.54) is 0 Å². The van der Waals surface area contributed by atoms with Gasteiger partial charge >= 0.3 is 0 Å². The Hall–Kier alpha value is -0.170. The third-order valence-corrected chi connectivity index (χ3v) is 5.95. The van der Waals surface area contributed by atoms with E-state index in [9.17, 15) is 8.42 Å². The summed E-state index contributed by atoms with van der Waals surface area (Å²) in [4.78, 5) is 2.11. The minimum atomic E-state index is -3.06. The van der Waals surface area contributed by atoms with Crippen molar-refractivity contribution < 1.29 is 8.42 Å². The van der Waals surface area contributed by atoms with Crippen molar-refractivity contribution in [3.8, 4) is 0 Å². The molecule has 2 aliphatic rings. The minimum Gasteiger partial charge on any atom is -0.315 e. The first kappa shape index (κ1) is 12.3. The van der Waals surface area contributed by atoms with E-state index in [-0.39, 0.29) is 5.25 Å². The smallest absolute Gasteiger partial charge is 0.218 e. The summed E-state index contributed by atoms with van der Waals surface area (Å²) in [6.45, 7) is 2.79. The number of hydrogen-bond donors (Lipinski definition) is 1. The monoisotopic (exact) mass is 247 g/mol. The largest absolute Gasteiger partial charge is 0.315 e. The van der Waals surface area contributed by atoms with Crippen LogP contribution in [0.25, 0.3) is 0 Å². The summed E-state index contributed by atoms with van der Waals surface area (Å²) in [5, 5.41) is 2.92. The molecule has 0 aliphatic carbocycles. The summed E-state index contributed by atoms with van der Waals surface area (Å²) < 4.78 is 26.2. The van der Waals surface area contributed by atoms with Crippen LogP contribution in [-0.4, -0.2) is 69.2 Å². The summed E-state index contributed by atoms with van der Waals surface area (Å²) in [6, 6.07) is 0.379. The van der Waals surface area contributed by atoms with Gasteiger partial charge < -0.3 is 10.2 Å². The maximum atomic E-state index is 12.3. The minimum absolute atomic E-state index is 0.201. The first-order chi connectivity index (χ1) is 7.51. The Labute approximate surface area is 97.8 Å². The number of nitrogens with zero attached hydrogens (tertiary/aromatic N) is 2. The standard InChI is InChI=1S/C10H21N3O2S/c1-12(2)9-4-6-13(8-9)16(14,15)10-3-5-11-7-10/h9-11H,3-8H2,1-2H3. The van der Waals surface area contributed by atoms with E-state index in [4.69, 9.17) is 0 Å². The second-order valence-corrected chi connectivity index (χ2v) is 7.14. The third-order valence-electron chi connectivity index (χ3n) is 3.65. The average Bonchev–Trinajstić information content (AvgIpc) is 2.90. The van der Waals surface area contributed by atoms with Crippen molar-refractivity contribution in [1.82, 2.24) is 14.5 Å². The highest BCUT2D eigenvalue weighted by atomic mass is 32.2. The normalized spacial score (nSPS) is 32.7. The fourth-order valence-electron chi connectivity index (χ4n) is 2.46. The van der Waals surface area contributed by atoms with E-state index in [1.807, 2.05) is 14.1 Å². The predicted molar refractivity (Wildman–Crippen MR) is 63.9 cm³/mol. The van der Waals surface area contributed by atoms with Gasteiger partial charge in [0.2, 0.25) is 10.0 Å². The molecule has 1 N–H and O–H groups in total. The Morgan fingerprint density at radius 3 is 2.56 bits per heavy atom. The Balaban J connectivity index is 2.02. The van der Waals surface area contributed by atoms with Crippen molar-refractivity contribution >= 4 is 10.0 Å². The van der Waals surface area contributed by atoms with E-state index < -0.39 is 10.0 Å². The van der Waals surface area contributed by atoms with Gasteiger partial charge in [0.25, 0.3) is 0 Å². The van der Waals surface area contributed by atoms with Crippen molar-refractivity contribution in [2.45, 2.75) is 24.1 Å². The second-order valence-electron chi connectivity index (χ2n) is 4.92. The molecular formula is C10H21N3O2S. The van der Waals surface area contributed by atoms with Crippen LogP contribution in [0, 0.1) is 0 Å². The maximum Gasteiger partial charge on any atom is 0.218 e. The van der Waals surface area contributed by atoms with Crippen molar-refractivity contribution in [2.75, 3.05) is 40.3 Å². The summed E-state index contributed by atoms with van der Waals surface area (Å²) in [6.07, 6.45) is 1.71. The highest BCUT2D eigenvalue weighted by Gasteiger charge is 2.38. The molecule has 2 atom stereocenters. The summed E-state index contributed by atoms with van der Waals surface area (Å²) in [5.74, 6) is 0. The van der Waals surface area contributed by atoms with Gasteiger partial charge in [0.05, 0.1) is 5.25 Å². The molecule has 2 aliphatic heterocycles. The fourth-order valence-corrected chi connectivity index (χ4v) is 4.36. The lowest BCUT2D eigenvalue weighted by molar-refractivity contribution is 0.302. The summed E-state index contributed by atoms with van der Waals surface area (Å²) in [5.41, 5.74) is 0. The van der Waals surface area contributed by atoms with E-state index >= 15 is 0 Å². The summed E-state index contributed by atoms with van der Waals surface area (Å²) in [7, 11) is 0.963. The fraction of sp³-hybridized carbons (Fsp3) is 1.00. The second kappa shape index (κ2) is 4.60. The molecule has 0 radical (unpaired) electrons. The molecule has 0 aromatic carbocycles. The van der Waals surface area contributed by atoms with Gasteiger partial charge in [-0.3, -0.25) is 0 Å². The van der Waals surface area contributed by atoms with Crippen LogP contribution in [0.3, 0.4) is 0 Å². The lowest BCUT2D eigenvalue weighted by Gasteiger charge is -2.22. The molecular weight excluding hydrogens is 226 g/mol. The van der Waals surface area contributed by atoms with Gasteiger partial charge in [0.1, 0.15) is 0 Å². The number of sulfonamides is 1. The van der Waals surface area contributed by atoms with Crippen molar-refractivity contribution in [3.05, 3.63) is 0 Å². The Morgan fingerprint density at radius 1 is 1.31 bits per heavy atom. The zero-order chi connectivity index (χ0) is 11.8. The highest BCUT2D eigenvalue weighted by Crippen LogP contribution is 2.22. The van der Waals surface area contributed by atoms with Crippen LogP contribution in [0.5, 0.6) is 0 Å². The molecule has 0 aromatic heterocycles. The van der Waals surface area contributed by atoms with Crippen LogP contribution >= 0.6 is 0 Å². The molecule has 0 bridgehead atoms. The van der Waals surface area contributed by atoms with E-state index in [0.717, 1.165) is 19.4 Å². The molecule has 2 fully saturated rings. The first-order valence-electron chi connectivity index (χ1n) is 5.88. The molecule has 0 aromatic rings. The zero-order valence-electron chi connectivity index (χ0n) is 10.0. The first-order valence-corrected chi connectivity index (χ1v) is 7.38. The molecule has 2 unspecified atom stereocenters. The molecule has 0 amide bonds. The molecule has 0 saturated carbocycles. The maximum absolute atomic E-state index is 12.3. The van der Waals surface area contributed by atoms with Gasteiger partial charge in [-0.05, 0) is 33.5 Å². The Bertz CT molecular complexity index is 336. The van der Waals surface area contributed by atoms with Crippen LogP contribution in [0.15, 0.2) is 0 Å². The van der Waals surface area contributed by atoms with Crippen molar-refractivity contribution in [3.63, 3.8) is 0 Å². The molecule has 94 valence electrons. The van der Waals surface area contributed by atoms with Gasteiger partial charge in [-0.2, -0.15) is 0 Å². The Morgan fingerprint density at radius 2 is 2.06 bits per heavy atom. The number of nitrogens with one attached hydrogen (secondary N) is 1. The van der Waals surface area contributed by atoms with E-state index in [2.05, 4.69) is 10.2 Å². The predicted octanol–water partition coefficient (Wildman–Crippen LogP) is -0.686. The van der Waals surface area contributed by atoms with Crippen LogP contribution < -0.4 is 5.32 Å². The van der Waals surface area contributed by atoms with Crippen molar-refractivity contribution in [2.24, 2.45) is 0 Å². The molecule has 16 heavy (non-hydrogen) atoms.